The van der Waals surface area contributed by atoms with Gasteiger partial charge in [0.1, 0.15) is 5.60 Å². The summed E-state index contributed by atoms with van der Waals surface area (Å²) in [5, 5.41) is 3.16. The first kappa shape index (κ1) is 15.9. The molecule has 0 aliphatic rings. The van der Waals surface area contributed by atoms with Crippen molar-refractivity contribution >= 4 is 21.9 Å². The first-order valence-electron chi connectivity index (χ1n) is 5.41. The third-order valence-corrected chi connectivity index (χ3v) is 2.77. The zero-order valence-electron chi connectivity index (χ0n) is 11.0. The smallest absolute Gasteiger partial charge is 0.338 e. The van der Waals surface area contributed by atoms with Gasteiger partial charge in [-0.3, -0.25) is 0 Å². The SMILES string of the molecule is CC(C)(C)OC(=O)c1cc(N=[N+]=[N-])cc(S(=O)(=O)F)c1. The van der Waals surface area contributed by atoms with E-state index in [-0.39, 0.29) is 11.3 Å². The second-order valence-electron chi connectivity index (χ2n) is 4.84. The fraction of sp³-hybridized carbons (Fsp3) is 0.364. The molecule has 108 valence electrons. The van der Waals surface area contributed by atoms with E-state index in [9.17, 15) is 17.1 Å². The molecule has 0 bridgehead atoms. The number of ether oxygens (including phenoxy) is 1. The quantitative estimate of drug-likeness (QED) is 0.280. The highest BCUT2D eigenvalue weighted by Crippen LogP contribution is 2.24. The van der Waals surface area contributed by atoms with Crippen molar-refractivity contribution in [2.75, 3.05) is 0 Å². The number of esters is 1. The molecule has 0 unspecified atom stereocenters. The first-order valence-corrected chi connectivity index (χ1v) is 6.79. The van der Waals surface area contributed by atoms with Crippen LogP contribution in [0.3, 0.4) is 0 Å². The normalized spacial score (nSPS) is 11.6. The summed E-state index contributed by atoms with van der Waals surface area (Å²) in [6.45, 7) is 4.86. The molecule has 0 saturated carbocycles. The van der Waals surface area contributed by atoms with Crippen LogP contribution in [0.2, 0.25) is 0 Å². The summed E-state index contributed by atoms with van der Waals surface area (Å²) in [5.74, 6) is -0.850. The van der Waals surface area contributed by atoms with Gasteiger partial charge in [0.25, 0.3) is 0 Å². The molecule has 0 amide bonds. The molecule has 0 aromatic heterocycles. The largest absolute Gasteiger partial charge is 0.456 e. The molecule has 0 radical (unpaired) electrons. The van der Waals surface area contributed by atoms with Crippen molar-refractivity contribution in [3.05, 3.63) is 34.2 Å². The lowest BCUT2D eigenvalue weighted by Gasteiger charge is -2.19. The number of rotatable bonds is 3. The minimum atomic E-state index is -5.03. The number of azide groups is 1. The van der Waals surface area contributed by atoms with Gasteiger partial charge in [-0.15, -0.1) is 3.89 Å². The Bertz CT molecular complexity index is 688. The fourth-order valence-corrected chi connectivity index (χ4v) is 1.82. The van der Waals surface area contributed by atoms with Gasteiger partial charge in [0.2, 0.25) is 0 Å². The summed E-state index contributed by atoms with van der Waals surface area (Å²) >= 11 is 0. The summed E-state index contributed by atoms with van der Waals surface area (Å²) < 4.78 is 39.8. The van der Waals surface area contributed by atoms with Gasteiger partial charge < -0.3 is 4.74 Å². The second-order valence-corrected chi connectivity index (χ2v) is 6.19. The van der Waals surface area contributed by atoms with Crippen molar-refractivity contribution < 1.29 is 21.8 Å². The zero-order chi connectivity index (χ0) is 15.6. The predicted octanol–water partition coefficient (Wildman–Crippen LogP) is 3.24. The number of benzene rings is 1. The van der Waals surface area contributed by atoms with Gasteiger partial charge in [0.05, 0.1) is 10.5 Å². The van der Waals surface area contributed by atoms with Gasteiger partial charge in [-0.1, -0.05) is 5.11 Å². The summed E-state index contributed by atoms with van der Waals surface area (Å²) in [6, 6.07) is 2.76. The maximum atomic E-state index is 13.0. The second kappa shape index (κ2) is 5.48. The average molecular weight is 301 g/mol. The van der Waals surface area contributed by atoms with Crippen molar-refractivity contribution in [1.82, 2.24) is 0 Å². The molecule has 0 N–H and O–H groups in total. The lowest BCUT2D eigenvalue weighted by atomic mass is 10.1. The molecule has 0 atom stereocenters. The Morgan fingerprint density at radius 3 is 2.40 bits per heavy atom. The molecule has 7 nitrogen and oxygen atoms in total. The molecule has 20 heavy (non-hydrogen) atoms. The number of halogens is 1. The van der Waals surface area contributed by atoms with Gasteiger partial charge >= 0.3 is 16.2 Å². The van der Waals surface area contributed by atoms with E-state index >= 15 is 0 Å². The maximum absolute atomic E-state index is 13.0. The molecule has 9 heteroatoms. The monoisotopic (exact) mass is 301 g/mol. The minimum Gasteiger partial charge on any atom is -0.456 e. The third-order valence-electron chi connectivity index (χ3n) is 1.97. The highest BCUT2D eigenvalue weighted by Gasteiger charge is 2.21. The lowest BCUT2D eigenvalue weighted by Crippen LogP contribution is -2.24. The van der Waals surface area contributed by atoms with E-state index in [1.54, 1.807) is 20.8 Å². The van der Waals surface area contributed by atoms with E-state index in [1.807, 2.05) is 0 Å². The highest BCUT2D eigenvalue weighted by molar-refractivity contribution is 7.86. The summed E-state index contributed by atoms with van der Waals surface area (Å²) in [4.78, 5) is 13.5. The third kappa shape index (κ3) is 4.52. The van der Waals surface area contributed by atoms with Crippen molar-refractivity contribution in [2.45, 2.75) is 31.3 Å². The van der Waals surface area contributed by atoms with Crippen molar-refractivity contribution in [2.24, 2.45) is 5.11 Å². The topological polar surface area (TPSA) is 109 Å². The lowest BCUT2D eigenvalue weighted by molar-refractivity contribution is 0.00693. The van der Waals surface area contributed by atoms with Gasteiger partial charge in [0, 0.05) is 10.6 Å². The van der Waals surface area contributed by atoms with Crippen LogP contribution in [-0.2, 0) is 15.0 Å². The van der Waals surface area contributed by atoms with E-state index in [4.69, 9.17) is 10.3 Å². The van der Waals surface area contributed by atoms with Crippen LogP contribution in [0.15, 0.2) is 28.2 Å². The Hall–Kier alpha value is -2.12. The molecule has 1 aromatic carbocycles. The van der Waals surface area contributed by atoms with Crippen LogP contribution in [0.4, 0.5) is 9.57 Å². The summed E-state index contributed by atoms with van der Waals surface area (Å²) in [6.07, 6.45) is 0. The van der Waals surface area contributed by atoms with Crippen molar-refractivity contribution in [1.29, 1.82) is 0 Å². The molecule has 0 aliphatic heterocycles. The first-order chi connectivity index (χ1) is 9.03. The molecule has 0 fully saturated rings. The van der Waals surface area contributed by atoms with Crippen LogP contribution in [-0.4, -0.2) is 20.0 Å². The average Bonchev–Trinajstić information content (AvgIpc) is 2.25. The number of carbonyl (C=O) groups excluding carboxylic acids is 1. The molecule has 0 spiro atoms. The molecule has 1 aromatic rings. The zero-order valence-corrected chi connectivity index (χ0v) is 11.8. The van der Waals surface area contributed by atoms with E-state index < -0.39 is 26.7 Å². The van der Waals surface area contributed by atoms with Gasteiger partial charge in [-0.2, -0.15) is 8.42 Å². The van der Waals surface area contributed by atoms with E-state index in [1.165, 1.54) is 0 Å². The highest BCUT2D eigenvalue weighted by atomic mass is 32.3. The van der Waals surface area contributed by atoms with E-state index in [0.29, 0.717) is 0 Å². The maximum Gasteiger partial charge on any atom is 0.338 e. The van der Waals surface area contributed by atoms with E-state index in [0.717, 1.165) is 18.2 Å². The fourth-order valence-electron chi connectivity index (χ4n) is 1.29. The standard InChI is InChI=1S/C11H12FN3O4S/c1-11(2,3)19-10(16)7-4-8(14-15-13)6-9(5-7)20(12,17)18/h4-6H,1-3H3. The van der Waals surface area contributed by atoms with Gasteiger partial charge in [-0.25, -0.2) is 4.79 Å². The van der Waals surface area contributed by atoms with Crippen LogP contribution < -0.4 is 0 Å². The predicted molar refractivity (Wildman–Crippen MR) is 68.7 cm³/mol. The van der Waals surface area contributed by atoms with Crippen molar-refractivity contribution in [3.8, 4) is 0 Å². The Morgan fingerprint density at radius 2 is 1.95 bits per heavy atom. The molecule has 1 rings (SSSR count). The van der Waals surface area contributed by atoms with E-state index in [2.05, 4.69) is 10.0 Å². The Kier molecular flexibility index (Phi) is 4.36. The Labute approximate surface area is 115 Å². The van der Waals surface area contributed by atoms with Crippen LogP contribution in [0.25, 0.3) is 10.4 Å². The van der Waals surface area contributed by atoms with Gasteiger partial charge in [-0.05, 0) is 44.5 Å². The molecule has 0 saturated heterocycles. The number of hydrogen-bond acceptors (Lipinski definition) is 5. The van der Waals surface area contributed by atoms with Crippen LogP contribution in [0.1, 0.15) is 31.1 Å². The Morgan fingerprint density at radius 1 is 1.35 bits per heavy atom. The molecular formula is C11H12FN3O4S. The number of hydrogen-bond donors (Lipinski definition) is 0. The molecular weight excluding hydrogens is 289 g/mol. The summed E-state index contributed by atoms with van der Waals surface area (Å²) in [7, 11) is -5.03. The van der Waals surface area contributed by atoms with Crippen LogP contribution in [0, 0.1) is 0 Å². The van der Waals surface area contributed by atoms with Crippen LogP contribution >= 0.6 is 0 Å². The molecule has 0 aliphatic carbocycles. The van der Waals surface area contributed by atoms with Crippen molar-refractivity contribution in [3.63, 3.8) is 0 Å². The van der Waals surface area contributed by atoms with Crippen LogP contribution in [0.5, 0.6) is 0 Å². The number of carbonyl (C=O) groups is 1. The molecule has 0 heterocycles. The minimum absolute atomic E-state index is 0.202. The Balaban J connectivity index is 3.36. The van der Waals surface area contributed by atoms with Gasteiger partial charge in [0.15, 0.2) is 0 Å². The summed E-state index contributed by atoms with van der Waals surface area (Å²) in [5.41, 5.74) is 7.10. The number of nitrogens with zero attached hydrogens (tertiary/aromatic N) is 3.